The zero-order chi connectivity index (χ0) is 12.9. The lowest BCUT2D eigenvalue weighted by molar-refractivity contribution is -0.137. The summed E-state index contributed by atoms with van der Waals surface area (Å²) in [5.74, 6) is 0. The molecular weight excluding hydrogens is 227 g/mol. The minimum absolute atomic E-state index is 0.456. The first-order valence-corrected chi connectivity index (χ1v) is 5.49. The molecule has 0 unspecified atom stereocenters. The predicted molar refractivity (Wildman–Crippen MR) is 59.3 cm³/mol. The Labute approximate surface area is 98.9 Å². The number of alkyl halides is 3. The van der Waals surface area contributed by atoms with E-state index in [0.29, 0.717) is 12.8 Å². The molecule has 0 aliphatic carbocycles. The third-order valence-electron chi connectivity index (χ3n) is 2.66. The number of benzene rings is 1. The molecule has 4 heteroatoms. The van der Waals surface area contributed by atoms with E-state index in [4.69, 9.17) is 5.26 Å². The Kier molecular flexibility index (Phi) is 4.56. The van der Waals surface area contributed by atoms with Crippen molar-refractivity contribution in [3.8, 4) is 6.07 Å². The second-order valence-corrected chi connectivity index (χ2v) is 4.00. The lowest BCUT2D eigenvalue weighted by atomic mass is 9.99. The zero-order valence-electron chi connectivity index (χ0n) is 9.64. The van der Waals surface area contributed by atoms with Gasteiger partial charge in [0.2, 0.25) is 0 Å². The van der Waals surface area contributed by atoms with Gasteiger partial charge in [-0.1, -0.05) is 6.07 Å². The number of nitrogens with zero attached hydrogens (tertiary/aromatic N) is 1. The van der Waals surface area contributed by atoms with Gasteiger partial charge in [0.05, 0.1) is 11.6 Å². The van der Waals surface area contributed by atoms with Crippen LogP contribution in [0.3, 0.4) is 0 Å². The summed E-state index contributed by atoms with van der Waals surface area (Å²) in [7, 11) is 0. The molecule has 0 N–H and O–H groups in total. The van der Waals surface area contributed by atoms with Crippen molar-refractivity contribution in [1.82, 2.24) is 0 Å². The van der Waals surface area contributed by atoms with Crippen LogP contribution in [0.5, 0.6) is 0 Å². The molecule has 0 aliphatic rings. The first kappa shape index (κ1) is 13.6. The summed E-state index contributed by atoms with van der Waals surface area (Å²) in [5.41, 5.74) is 0.992. The molecule has 0 saturated carbocycles. The molecule has 0 heterocycles. The van der Waals surface area contributed by atoms with Gasteiger partial charge in [0.15, 0.2) is 0 Å². The number of aryl methyl sites for hydroxylation is 2. The average molecular weight is 241 g/mol. The Morgan fingerprint density at radius 1 is 1.24 bits per heavy atom. The molecule has 0 aromatic heterocycles. The summed E-state index contributed by atoms with van der Waals surface area (Å²) in [5, 5.41) is 8.37. The highest BCUT2D eigenvalue weighted by Gasteiger charge is 2.30. The smallest absolute Gasteiger partial charge is 0.198 e. The van der Waals surface area contributed by atoms with Gasteiger partial charge >= 0.3 is 6.18 Å². The maximum atomic E-state index is 12.5. The van der Waals surface area contributed by atoms with Crippen molar-refractivity contribution in [3.05, 3.63) is 34.9 Å². The van der Waals surface area contributed by atoms with Crippen LogP contribution in [0.4, 0.5) is 13.2 Å². The fourth-order valence-electron chi connectivity index (χ4n) is 1.64. The van der Waals surface area contributed by atoms with Gasteiger partial charge in [0, 0.05) is 6.42 Å². The Hall–Kier alpha value is -1.50. The molecule has 0 saturated heterocycles. The molecule has 17 heavy (non-hydrogen) atoms. The van der Waals surface area contributed by atoms with Crippen molar-refractivity contribution >= 4 is 0 Å². The molecule has 0 radical (unpaired) electrons. The fraction of sp³-hybridized carbons (Fsp3) is 0.462. The van der Waals surface area contributed by atoms with Crippen LogP contribution in [0.1, 0.15) is 36.0 Å². The summed E-state index contributed by atoms with van der Waals surface area (Å²) >= 11 is 0. The standard InChI is InChI=1S/C13H14F3N/c1-10-6-7-12(13(14,15)16)9-11(10)5-3-2-4-8-17/h6-7,9H,2-5H2,1H3. The van der Waals surface area contributed by atoms with Crippen LogP contribution in [0.2, 0.25) is 0 Å². The third-order valence-corrected chi connectivity index (χ3v) is 2.66. The van der Waals surface area contributed by atoms with Crippen molar-refractivity contribution in [2.75, 3.05) is 0 Å². The number of hydrogen-bond donors (Lipinski definition) is 0. The molecule has 0 spiro atoms. The molecule has 0 fully saturated rings. The molecule has 1 aromatic rings. The van der Waals surface area contributed by atoms with E-state index < -0.39 is 11.7 Å². The van der Waals surface area contributed by atoms with Gasteiger partial charge in [-0.2, -0.15) is 18.4 Å². The SMILES string of the molecule is Cc1ccc(C(F)(F)F)cc1CCCCC#N. The third kappa shape index (κ3) is 4.10. The van der Waals surface area contributed by atoms with Crippen LogP contribution in [-0.2, 0) is 12.6 Å². The molecule has 92 valence electrons. The normalized spacial score (nSPS) is 11.2. The van der Waals surface area contributed by atoms with E-state index in [1.54, 1.807) is 6.92 Å². The molecule has 1 aromatic carbocycles. The van der Waals surface area contributed by atoms with Gasteiger partial charge in [0.25, 0.3) is 0 Å². The van der Waals surface area contributed by atoms with Crippen molar-refractivity contribution in [2.24, 2.45) is 0 Å². The lowest BCUT2D eigenvalue weighted by Gasteiger charge is -2.11. The largest absolute Gasteiger partial charge is 0.416 e. The summed E-state index contributed by atoms with van der Waals surface area (Å²) in [6, 6.07) is 5.84. The monoisotopic (exact) mass is 241 g/mol. The molecule has 0 amide bonds. The number of halogens is 3. The summed E-state index contributed by atoms with van der Waals surface area (Å²) in [6.45, 7) is 1.81. The van der Waals surface area contributed by atoms with E-state index in [0.717, 1.165) is 30.0 Å². The van der Waals surface area contributed by atoms with Crippen LogP contribution >= 0.6 is 0 Å². The highest BCUT2D eigenvalue weighted by molar-refractivity contribution is 5.32. The first-order chi connectivity index (χ1) is 7.95. The Morgan fingerprint density at radius 2 is 1.94 bits per heavy atom. The Morgan fingerprint density at radius 3 is 2.53 bits per heavy atom. The summed E-state index contributed by atoms with van der Waals surface area (Å²) in [6.07, 6.45) is -1.76. The molecule has 0 aliphatic heterocycles. The Bertz CT molecular complexity index is 416. The van der Waals surface area contributed by atoms with Gasteiger partial charge < -0.3 is 0 Å². The second kappa shape index (κ2) is 5.72. The van der Waals surface area contributed by atoms with Gasteiger partial charge in [-0.25, -0.2) is 0 Å². The minimum Gasteiger partial charge on any atom is -0.198 e. The van der Waals surface area contributed by atoms with Crippen molar-refractivity contribution in [1.29, 1.82) is 5.26 Å². The summed E-state index contributed by atoms with van der Waals surface area (Å²) < 4.78 is 37.5. The molecular formula is C13H14F3N. The number of unbranched alkanes of at least 4 members (excludes halogenated alkanes) is 2. The van der Waals surface area contributed by atoms with Crippen LogP contribution in [-0.4, -0.2) is 0 Å². The Balaban J connectivity index is 2.74. The molecule has 0 atom stereocenters. The topological polar surface area (TPSA) is 23.8 Å². The quantitative estimate of drug-likeness (QED) is 0.723. The molecule has 1 rings (SSSR count). The van der Waals surface area contributed by atoms with Crippen molar-refractivity contribution < 1.29 is 13.2 Å². The van der Waals surface area contributed by atoms with E-state index in [2.05, 4.69) is 0 Å². The van der Waals surface area contributed by atoms with Gasteiger partial charge in [-0.15, -0.1) is 0 Å². The van der Waals surface area contributed by atoms with E-state index >= 15 is 0 Å². The van der Waals surface area contributed by atoms with E-state index in [1.165, 1.54) is 12.1 Å². The van der Waals surface area contributed by atoms with E-state index in [1.807, 2.05) is 6.07 Å². The number of nitriles is 1. The van der Waals surface area contributed by atoms with Crippen LogP contribution in [0, 0.1) is 18.3 Å². The predicted octanol–water partition coefficient (Wildman–Crippen LogP) is 4.25. The highest BCUT2D eigenvalue weighted by atomic mass is 19.4. The van der Waals surface area contributed by atoms with Crippen molar-refractivity contribution in [2.45, 2.75) is 38.8 Å². The first-order valence-electron chi connectivity index (χ1n) is 5.49. The van der Waals surface area contributed by atoms with Crippen LogP contribution in [0.15, 0.2) is 18.2 Å². The van der Waals surface area contributed by atoms with E-state index in [9.17, 15) is 13.2 Å². The number of rotatable bonds is 4. The van der Waals surface area contributed by atoms with Gasteiger partial charge in [-0.3, -0.25) is 0 Å². The summed E-state index contributed by atoms with van der Waals surface area (Å²) in [4.78, 5) is 0. The maximum Gasteiger partial charge on any atom is 0.416 e. The number of hydrogen-bond acceptors (Lipinski definition) is 1. The van der Waals surface area contributed by atoms with Gasteiger partial charge in [-0.05, 0) is 49.4 Å². The fourth-order valence-corrected chi connectivity index (χ4v) is 1.64. The molecule has 1 nitrogen and oxygen atoms in total. The van der Waals surface area contributed by atoms with E-state index in [-0.39, 0.29) is 0 Å². The maximum absolute atomic E-state index is 12.5. The zero-order valence-corrected chi connectivity index (χ0v) is 9.64. The lowest BCUT2D eigenvalue weighted by Crippen LogP contribution is -2.06. The highest BCUT2D eigenvalue weighted by Crippen LogP contribution is 2.30. The van der Waals surface area contributed by atoms with Crippen LogP contribution in [0.25, 0.3) is 0 Å². The minimum atomic E-state index is -4.28. The van der Waals surface area contributed by atoms with Crippen LogP contribution < -0.4 is 0 Å². The molecule has 0 bridgehead atoms. The second-order valence-electron chi connectivity index (χ2n) is 4.00. The van der Waals surface area contributed by atoms with Gasteiger partial charge in [0.1, 0.15) is 0 Å². The van der Waals surface area contributed by atoms with Crippen molar-refractivity contribution in [3.63, 3.8) is 0 Å². The average Bonchev–Trinajstić information content (AvgIpc) is 2.25.